The lowest BCUT2D eigenvalue weighted by molar-refractivity contribution is -0.885. The number of fused-ring (bicyclic) bond motifs is 1. The van der Waals surface area contributed by atoms with Crippen LogP contribution in [0.4, 0.5) is 0 Å². The van der Waals surface area contributed by atoms with Crippen molar-refractivity contribution in [2.75, 3.05) is 20.7 Å². The molecule has 2 atom stereocenters. The average molecular weight is 353 g/mol. The van der Waals surface area contributed by atoms with Gasteiger partial charge in [-0.15, -0.1) is 0 Å². The Morgan fingerprint density at radius 3 is 2.62 bits per heavy atom. The largest absolute Gasteiger partial charge is 0.497 e. The number of ether oxygens (including phenoxy) is 1. The standard InChI is InChI=1S/C21H24N2O3/c1-15(20-12-17-6-4-5-7-19(17)26-20)22-21(24)14-23(2)13-16-8-10-18(25-3)11-9-16/h4-12,15H,13-14H2,1-3H3,(H,22,24)/p+1/t15-/m0/s1. The summed E-state index contributed by atoms with van der Waals surface area (Å²) >= 11 is 0. The molecule has 0 radical (unpaired) electrons. The van der Waals surface area contributed by atoms with Crippen molar-refractivity contribution in [3.63, 3.8) is 0 Å². The zero-order valence-corrected chi connectivity index (χ0v) is 15.4. The molecule has 1 amide bonds. The smallest absolute Gasteiger partial charge is 0.275 e. The molecule has 136 valence electrons. The van der Waals surface area contributed by atoms with Crippen LogP contribution in [0, 0.1) is 0 Å². The number of hydrogen-bond acceptors (Lipinski definition) is 3. The number of nitrogens with one attached hydrogen (secondary N) is 2. The first kappa shape index (κ1) is 18.0. The van der Waals surface area contributed by atoms with Gasteiger partial charge in [0.15, 0.2) is 6.54 Å². The summed E-state index contributed by atoms with van der Waals surface area (Å²) in [4.78, 5) is 13.5. The monoisotopic (exact) mass is 353 g/mol. The molecule has 5 heteroatoms. The van der Waals surface area contributed by atoms with Crippen LogP contribution in [0.5, 0.6) is 5.75 Å². The fourth-order valence-corrected chi connectivity index (χ4v) is 3.01. The Labute approximate surface area is 153 Å². The molecule has 1 unspecified atom stereocenters. The lowest BCUT2D eigenvalue weighted by Crippen LogP contribution is -3.08. The van der Waals surface area contributed by atoms with E-state index in [1.807, 2.05) is 68.6 Å². The van der Waals surface area contributed by atoms with E-state index in [0.717, 1.165) is 33.9 Å². The Balaban J connectivity index is 1.53. The fraction of sp³-hybridized carbons (Fsp3) is 0.286. The molecule has 26 heavy (non-hydrogen) atoms. The van der Waals surface area contributed by atoms with Crippen LogP contribution in [-0.4, -0.2) is 26.6 Å². The van der Waals surface area contributed by atoms with E-state index in [1.54, 1.807) is 7.11 Å². The van der Waals surface area contributed by atoms with Gasteiger partial charge in [0.2, 0.25) is 0 Å². The maximum Gasteiger partial charge on any atom is 0.275 e. The summed E-state index contributed by atoms with van der Waals surface area (Å²) in [5, 5.41) is 4.07. The zero-order valence-electron chi connectivity index (χ0n) is 15.4. The Hall–Kier alpha value is -2.79. The zero-order chi connectivity index (χ0) is 18.5. The van der Waals surface area contributed by atoms with Crippen molar-refractivity contribution in [1.29, 1.82) is 0 Å². The van der Waals surface area contributed by atoms with Crippen molar-refractivity contribution in [2.24, 2.45) is 0 Å². The Bertz CT molecular complexity index is 837. The number of quaternary nitrogens is 1. The third kappa shape index (κ3) is 4.43. The van der Waals surface area contributed by atoms with Gasteiger partial charge >= 0.3 is 0 Å². The van der Waals surface area contributed by atoms with Crippen LogP contribution in [0.3, 0.4) is 0 Å². The van der Waals surface area contributed by atoms with Crippen molar-refractivity contribution < 1.29 is 18.8 Å². The summed E-state index contributed by atoms with van der Waals surface area (Å²) in [5.41, 5.74) is 2.01. The number of benzene rings is 2. The molecular formula is C21H25N2O3+. The molecule has 2 N–H and O–H groups in total. The summed E-state index contributed by atoms with van der Waals surface area (Å²) in [5.74, 6) is 1.61. The second-order valence-electron chi connectivity index (χ2n) is 6.63. The molecule has 1 heterocycles. The highest BCUT2D eigenvalue weighted by molar-refractivity contribution is 5.79. The predicted molar refractivity (Wildman–Crippen MR) is 101 cm³/mol. The van der Waals surface area contributed by atoms with Crippen molar-refractivity contribution in [2.45, 2.75) is 19.5 Å². The van der Waals surface area contributed by atoms with E-state index in [4.69, 9.17) is 9.15 Å². The van der Waals surface area contributed by atoms with Crippen LogP contribution in [0.25, 0.3) is 11.0 Å². The Morgan fingerprint density at radius 2 is 1.92 bits per heavy atom. The Kier molecular flexibility index (Phi) is 5.58. The molecule has 0 bridgehead atoms. The van der Waals surface area contributed by atoms with Gasteiger partial charge in [-0.3, -0.25) is 4.79 Å². The third-order valence-electron chi connectivity index (χ3n) is 4.38. The number of carbonyl (C=O) groups is 1. The SMILES string of the molecule is COc1ccc(C[NH+](C)CC(=O)N[C@@H](C)c2cc3ccccc3o2)cc1. The number of likely N-dealkylation sites (N-methyl/N-ethyl adjacent to an activating group) is 1. The minimum Gasteiger partial charge on any atom is -0.497 e. The van der Waals surface area contributed by atoms with Gasteiger partial charge in [-0.2, -0.15) is 0 Å². The van der Waals surface area contributed by atoms with Gasteiger partial charge in [0.1, 0.15) is 23.6 Å². The highest BCUT2D eigenvalue weighted by Gasteiger charge is 2.17. The van der Waals surface area contributed by atoms with Crippen molar-refractivity contribution in [3.05, 3.63) is 65.9 Å². The van der Waals surface area contributed by atoms with Gasteiger partial charge in [-0.1, -0.05) is 18.2 Å². The van der Waals surface area contributed by atoms with Crippen LogP contribution in [0.15, 0.2) is 59.0 Å². The first-order valence-corrected chi connectivity index (χ1v) is 8.77. The molecule has 1 aromatic heterocycles. The number of amides is 1. The van der Waals surface area contributed by atoms with Crippen LogP contribution in [-0.2, 0) is 11.3 Å². The Morgan fingerprint density at radius 1 is 1.19 bits per heavy atom. The van der Waals surface area contributed by atoms with Gasteiger partial charge in [0.05, 0.1) is 20.2 Å². The summed E-state index contributed by atoms with van der Waals surface area (Å²) < 4.78 is 11.0. The van der Waals surface area contributed by atoms with Gasteiger partial charge in [0.25, 0.3) is 5.91 Å². The number of carbonyl (C=O) groups excluding carboxylic acids is 1. The number of para-hydroxylation sites is 1. The lowest BCUT2D eigenvalue weighted by atomic mass is 10.2. The molecule has 2 aromatic carbocycles. The highest BCUT2D eigenvalue weighted by atomic mass is 16.5. The quantitative estimate of drug-likeness (QED) is 0.685. The molecule has 0 fully saturated rings. The topological polar surface area (TPSA) is 55.9 Å². The molecule has 0 saturated heterocycles. The fourth-order valence-electron chi connectivity index (χ4n) is 3.01. The average Bonchev–Trinajstić information content (AvgIpc) is 3.06. The summed E-state index contributed by atoms with van der Waals surface area (Å²) in [6, 6.07) is 17.6. The van der Waals surface area contributed by atoms with Gasteiger partial charge in [0, 0.05) is 10.9 Å². The highest BCUT2D eigenvalue weighted by Crippen LogP contribution is 2.23. The first-order chi connectivity index (χ1) is 12.5. The second-order valence-corrected chi connectivity index (χ2v) is 6.63. The molecule has 0 aliphatic heterocycles. The second kappa shape index (κ2) is 8.06. The summed E-state index contributed by atoms with van der Waals surface area (Å²) in [6.07, 6.45) is 0. The van der Waals surface area contributed by atoms with Crippen molar-refractivity contribution in [3.8, 4) is 5.75 Å². The molecule has 0 spiro atoms. The lowest BCUT2D eigenvalue weighted by Gasteiger charge is -2.16. The number of furan rings is 1. The molecular weight excluding hydrogens is 328 g/mol. The van der Waals surface area contributed by atoms with E-state index in [2.05, 4.69) is 5.32 Å². The summed E-state index contributed by atoms with van der Waals surface area (Å²) in [7, 11) is 3.66. The van der Waals surface area contributed by atoms with Crippen molar-refractivity contribution in [1.82, 2.24) is 5.32 Å². The molecule has 3 aromatic rings. The number of hydrogen-bond donors (Lipinski definition) is 2. The maximum atomic E-state index is 12.3. The number of methoxy groups -OCH3 is 1. The first-order valence-electron chi connectivity index (χ1n) is 8.77. The third-order valence-corrected chi connectivity index (χ3v) is 4.38. The van der Waals surface area contributed by atoms with Crippen LogP contribution >= 0.6 is 0 Å². The van der Waals surface area contributed by atoms with E-state index in [1.165, 1.54) is 5.56 Å². The molecule has 5 nitrogen and oxygen atoms in total. The maximum absolute atomic E-state index is 12.3. The van der Waals surface area contributed by atoms with Crippen LogP contribution in [0.2, 0.25) is 0 Å². The van der Waals surface area contributed by atoms with Gasteiger partial charge < -0.3 is 19.4 Å². The van der Waals surface area contributed by atoms with E-state index < -0.39 is 0 Å². The minimum absolute atomic E-state index is 0.00367. The normalized spacial score (nSPS) is 13.3. The van der Waals surface area contributed by atoms with Crippen LogP contribution < -0.4 is 15.0 Å². The molecule has 0 aliphatic carbocycles. The number of rotatable bonds is 7. The van der Waals surface area contributed by atoms with Gasteiger partial charge in [-0.25, -0.2) is 0 Å². The van der Waals surface area contributed by atoms with E-state index in [-0.39, 0.29) is 11.9 Å². The minimum atomic E-state index is -0.163. The van der Waals surface area contributed by atoms with E-state index >= 15 is 0 Å². The predicted octanol–water partition coefficient (Wildman–Crippen LogP) is 2.33. The van der Waals surface area contributed by atoms with E-state index in [0.29, 0.717) is 6.54 Å². The molecule has 3 rings (SSSR count). The van der Waals surface area contributed by atoms with Crippen molar-refractivity contribution >= 4 is 16.9 Å². The van der Waals surface area contributed by atoms with Gasteiger partial charge in [-0.05, 0) is 43.3 Å². The molecule has 0 aliphatic rings. The summed E-state index contributed by atoms with van der Waals surface area (Å²) in [6.45, 7) is 3.11. The van der Waals surface area contributed by atoms with Crippen LogP contribution in [0.1, 0.15) is 24.3 Å². The molecule has 0 saturated carbocycles. The van der Waals surface area contributed by atoms with E-state index in [9.17, 15) is 4.79 Å².